The summed E-state index contributed by atoms with van der Waals surface area (Å²) in [6, 6.07) is 11.6. The summed E-state index contributed by atoms with van der Waals surface area (Å²) >= 11 is 17.2. The molecule has 0 saturated heterocycles. The zero-order valence-electron chi connectivity index (χ0n) is 10.8. The van der Waals surface area contributed by atoms with Gasteiger partial charge in [0, 0.05) is 6.54 Å². The number of thiocarbonyl (C=S) groups is 1. The highest BCUT2D eigenvalue weighted by molar-refractivity contribution is 7.80. The SMILES string of the molecule is Cc1nc(NC(=S)NCc2ccccc2)c(Cl)cc1Cl. The van der Waals surface area contributed by atoms with Crippen LogP contribution in [0.1, 0.15) is 11.3 Å². The molecule has 20 heavy (non-hydrogen) atoms. The molecule has 2 N–H and O–H groups in total. The van der Waals surface area contributed by atoms with Gasteiger partial charge in [-0.25, -0.2) is 4.98 Å². The molecule has 104 valence electrons. The maximum atomic E-state index is 6.07. The third kappa shape index (κ3) is 4.07. The third-order valence-electron chi connectivity index (χ3n) is 2.63. The Morgan fingerprint density at radius 1 is 1.20 bits per heavy atom. The molecule has 0 aliphatic heterocycles. The van der Waals surface area contributed by atoms with Gasteiger partial charge < -0.3 is 10.6 Å². The molecule has 0 atom stereocenters. The topological polar surface area (TPSA) is 37.0 Å². The van der Waals surface area contributed by atoms with Crippen LogP contribution in [0.4, 0.5) is 5.82 Å². The van der Waals surface area contributed by atoms with E-state index >= 15 is 0 Å². The number of pyridine rings is 1. The zero-order chi connectivity index (χ0) is 14.5. The third-order valence-corrected chi connectivity index (χ3v) is 3.55. The highest BCUT2D eigenvalue weighted by atomic mass is 35.5. The number of hydrogen-bond acceptors (Lipinski definition) is 2. The van der Waals surface area contributed by atoms with Crippen LogP contribution in [0.15, 0.2) is 36.4 Å². The Morgan fingerprint density at radius 2 is 1.90 bits per heavy atom. The number of aryl methyl sites for hydroxylation is 1. The summed E-state index contributed by atoms with van der Waals surface area (Å²) in [6.45, 7) is 2.45. The van der Waals surface area contributed by atoms with Gasteiger partial charge in [0.15, 0.2) is 10.9 Å². The molecule has 0 amide bonds. The highest BCUT2D eigenvalue weighted by Crippen LogP contribution is 2.25. The van der Waals surface area contributed by atoms with E-state index < -0.39 is 0 Å². The van der Waals surface area contributed by atoms with Crippen molar-refractivity contribution in [1.82, 2.24) is 10.3 Å². The van der Waals surface area contributed by atoms with Crippen LogP contribution in [0.3, 0.4) is 0 Å². The van der Waals surface area contributed by atoms with E-state index in [-0.39, 0.29) is 0 Å². The van der Waals surface area contributed by atoms with E-state index in [2.05, 4.69) is 15.6 Å². The van der Waals surface area contributed by atoms with E-state index in [1.807, 2.05) is 37.3 Å². The van der Waals surface area contributed by atoms with Gasteiger partial charge in [0.2, 0.25) is 0 Å². The fourth-order valence-electron chi connectivity index (χ4n) is 1.58. The first-order chi connectivity index (χ1) is 9.56. The fourth-order valence-corrected chi connectivity index (χ4v) is 2.15. The molecule has 0 radical (unpaired) electrons. The van der Waals surface area contributed by atoms with Crippen molar-refractivity contribution < 1.29 is 0 Å². The van der Waals surface area contributed by atoms with Gasteiger partial charge in [-0.2, -0.15) is 0 Å². The summed E-state index contributed by atoms with van der Waals surface area (Å²) in [5, 5.41) is 7.49. The van der Waals surface area contributed by atoms with E-state index in [0.717, 1.165) is 5.56 Å². The molecular formula is C14H13Cl2N3S. The predicted molar refractivity (Wildman–Crippen MR) is 88.5 cm³/mol. The molecule has 0 spiro atoms. The molecule has 2 rings (SSSR count). The number of nitrogens with zero attached hydrogens (tertiary/aromatic N) is 1. The van der Waals surface area contributed by atoms with Gasteiger partial charge in [-0.1, -0.05) is 53.5 Å². The van der Waals surface area contributed by atoms with Crippen LogP contribution in [0, 0.1) is 6.92 Å². The van der Waals surface area contributed by atoms with Crippen LogP contribution in [0.5, 0.6) is 0 Å². The Kier molecular flexibility index (Phi) is 5.17. The Morgan fingerprint density at radius 3 is 2.60 bits per heavy atom. The number of rotatable bonds is 3. The van der Waals surface area contributed by atoms with Crippen molar-refractivity contribution in [2.75, 3.05) is 5.32 Å². The quantitative estimate of drug-likeness (QED) is 0.830. The molecule has 0 aliphatic rings. The summed E-state index contributed by atoms with van der Waals surface area (Å²) in [5.41, 5.74) is 1.84. The van der Waals surface area contributed by atoms with Gasteiger partial charge in [-0.15, -0.1) is 0 Å². The number of aromatic nitrogens is 1. The summed E-state index contributed by atoms with van der Waals surface area (Å²) in [5.74, 6) is 0.499. The molecule has 0 aliphatic carbocycles. The smallest absolute Gasteiger partial charge is 0.172 e. The van der Waals surface area contributed by atoms with Gasteiger partial charge in [0.05, 0.1) is 15.7 Å². The van der Waals surface area contributed by atoms with Crippen LogP contribution in [-0.4, -0.2) is 10.1 Å². The number of halogens is 2. The fraction of sp³-hybridized carbons (Fsp3) is 0.143. The standard InChI is InChI=1S/C14H13Cl2N3S/c1-9-11(15)7-12(16)13(18-9)19-14(20)17-8-10-5-3-2-4-6-10/h2-7H,8H2,1H3,(H2,17,18,19,20). The van der Waals surface area contributed by atoms with Crippen molar-refractivity contribution in [3.05, 3.63) is 57.7 Å². The molecular weight excluding hydrogens is 313 g/mol. The monoisotopic (exact) mass is 325 g/mol. The summed E-state index contributed by atoms with van der Waals surface area (Å²) in [6.07, 6.45) is 0. The van der Waals surface area contributed by atoms with Gasteiger partial charge in [-0.3, -0.25) is 0 Å². The van der Waals surface area contributed by atoms with Crippen molar-refractivity contribution in [2.45, 2.75) is 13.5 Å². The molecule has 6 heteroatoms. The lowest BCUT2D eigenvalue weighted by molar-refractivity contribution is 0.924. The normalized spacial score (nSPS) is 10.2. The van der Waals surface area contributed by atoms with Gasteiger partial charge in [0.25, 0.3) is 0 Å². The van der Waals surface area contributed by atoms with Crippen LogP contribution >= 0.6 is 35.4 Å². The molecule has 0 fully saturated rings. The first kappa shape index (κ1) is 15.0. The Bertz CT molecular complexity index is 617. The molecule has 2 aromatic rings. The number of hydrogen-bond donors (Lipinski definition) is 2. The average Bonchev–Trinajstić information content (AvgIpc) is 2.44. The minimum absolute atomic E-state index is 0.435. The van der Waals surface area contributed by atoms with E-state index in [9.17, 15) is 0 Å². The van der Waals surface area contributed by atoms with Gasteiger partial charge in [-0.05, 0) is 30.8 Å². The lowest BCUT2D eigenvalue weighted by atomic mass is 10.2. The zero-order valence-corrected chi connectivity index (χ0v) is 13.1. The van der Waals surface area contributed by atoms with Crippen LogP contribution in [0.25, 0.3) is 0 Å². The van der Waals surface area contributed by atoms with Gasteiger partial charge >= 0.3 is 0 Å². The Hall–Kier alpha value is -1.36. The van der Waals surface area contributed by atoms with E-state index in [1.165, 1.54) is 0 Å². The minimum Gasteiger partial charge on any atom is -0.358 e. The molecule has 1 heterocycles. The van der Waals surface area contributed by atoms with Crippen LogP contribution in [-0.2, 0) is 6.54 Å². The maximum Gasteiger partial charge on any atom is 0.172 e. The summed E-state index contributed by atoms with van der Waals surface area (Å²) in [7, 11) is 0. The molecule has 0 unspecified atom stereocenters. The van der Waals surface area contributed by atoms with Gasteiger partial charge in [0.1, 0.15) is 0 Å². The number of anilines is 1. The largest absolute Gasteiger partial charge is 0.358 e. The first-order valence-electron chi connectivity index (χ1n) is 5.97. The summed E-state index contributed by atoms with van der Waals surface area (Å²) < 4.78 is 0. The number of nitrogens with one attached hydrogen (secondary N) is 2. The minimum atomic E-state index is 0.435. The van der Waals surface area contributed by atoms with Crippen molar-refractivity contribution >= 4 is 46.4 Å². The van der Waals surface area contributed by atoms with Crippen molar-refractivity contribution in [3.63, 3.8) is 0 Å². The van der Waals surface area contributed by atoms with E-state index in [1.54, 1.807) is 6.07 Å². The second kappa shape index (κ2) is 6.88. The molecule has 1 aromatic heterocycles. The molecule has 3 nitrogen and oxygen atoms in total. The second-order valence-corrected chi connectivity index (χ2v) is 5.40. The van der Waals surface area contributed by atoms with E-state index in [4.69, 9.17) is 35.4 Å². The molecule has 1 aromatic carbocycles. The highest BCUT2D eigenvalue weighted by Gasteiger charge is 2.07. The summed E-state index contributed by atoms with van der Waals surface area (Å²) in [4.78, 5) is 4.26. The Balaban J connectivity index is 1.97. The van der Waals surface area contributed by atoms with Crippen LogP contribution in [0.2, 0.25) is 10.0 Å². The van der Waals surface area contributed by atoms with Crippen molar-refractivity contribution in [1.29, 1.82) is 0 Å². The predicted octanol–water partition coefficient (Wildman–Crippen LogP) is 4.18. The maximum absolute atomic E-state index is 6.07. The van der Waals surface area contributed by atoms with Crippen LogP contribution < -0.4 is 10.6 Å². The van der Waals surface area contributed by atoms with E-state index in [0.29, 0.717) is 33.2 Å². The average molecular weight is 326 g/mol. The van der Waals surface area contributed by atoms with Crippen molar-refractivity contribution in [2.24, 2.45) is 0 Å². The molecule has 0 saturated carbocycles. The van der Waals surface area contributed by atoms with Crippen molar-refractivity contribution in [3.8, 4) is 0 Å². The second-order valence-electron chi connectivity index (χ2n) is 4.18. The lowest BCUT2D eigenvalue weighted by Crippen LogP contribution is -2.28. The molecule has 0 bridgehead atoms. The number of benzene rings is 1. The lowest BCUT2D eigenvalue weighted by Gasteiger charge is -2.12. The Labute approximate surface area is 133 Å². The first-order valence-corrected chi connectivity index (χ1v) is 7.14.